The lowest BCUT2D eigenvalue weighted by Gasteiger charge is -2.18. The monoisotopic (exact) mass is 478 g/mol. The Labute approximate surface area is 207 Å². The number of thioether (sulfide) groups is 1. The number of carbonyl (C=O) groups is 2. The molecule has 0 bridgehead atoms. The lowest BCUT2D eigenvalue weighted by molar-refractivity contribution is -0.122. The SMILES string of the molecule is N#CC(C(=O)NCCc1ccccc1)C(=O)c1nn(-c2ccccc2)c2c1CSc1ccccc1-2. The second-order valence-corrected chi connectivity index (χ2v) is 9.18. The van der Waals surface area contributed by atoms with E-state index in [0.717, 1.165) is 33.0 Å². The molecule has 7 heteroatoms. The summed E-state index contributed by atoms with van der Waals surface area (Å²) in [5, 5.41) is 17.2. The summed E-state index contributed by atoms with van der Waals surface area (Å²) < 4.78 is 1.75. The molecule has 1 N–H and O–H groups in total. The molecule has 0 spiro atoms. The molecule has 5 rings (SSSR count). The standard InChI is InChI=1S/C28H22N4O2S/c29-17-22(28(34)30-16-15-19-9-3-1-4-10-19)27(33)25-23-18-35-24-14-8-7-13-21(24)26(23)32(31-25)20-11-5-2-6-12-20/h1-14,22H,15-16,18H2,(H,30,34). The van der Waals surface area contributed by atoms with Gasteiger partial charge in [0.25, 0.3) is 0 Å². The van der Waals surface area contributed by atoms with Crippen molar-refractivity contribution < 1.29 is 9.59 Å². The van der Waals surface area contributed by atoms with Gasteiger partial charge in [0.15, 0.2) is 5.92 Å². The molecule has 3 aromatic carbocycles. The maximum atomic E-state index is 13.5. The highest BCUT2D eigenvalue weighted by Crippen LogP contribution is 2.43. The first kappa shape index (κ1) is 22.6. The van der Waals surface area contributed by atoms with Crippen LogP contribution >= 0.6 is 11.8 Å². The first-order valence-electron chi connectivity index (χ1n) is 11.3. The predicted molar refractivity (Wildman–Crippen MR) is 135 cm³/mol. The Balaban J connectivity index is 1.46. The number of rotatable bonds is 7. The van der Waals surface area contributed by atoms with Gasteiger partial charge in [-0.3, -0.25) is 9.59 Å². The molecule has 0 saturated carbocycles. The molecule has 35 heavy (non-hydrogen) atoms. The number of amides is 1. The minimum Gasteiger partial charge on any atom is -0.354 e. The Bertz CT molecular complexity index is 1420. The third-order valence-corrected chi connectivity index (χ3v) is 7.04. The van der Waals surface area contributed by atoms with Crippen LogP contribution in [0.2, 0.25) is 0 Å². The Morgan fingerprint density at radius 2 is 1.69 bits per heavy atom. The van der Waals surface area contributed by atoms with Gasteiger partial charge in [-0.05, 0) is 30.2 Å². The predicted octanol–water partition coefficient (Wildman–Crippen LogP) is 4.83. The van der Waals surface area contributed by atoms with E-state index in [0.29, 0.717) is 18.7 Å². The summed E-state index contributed by atoms with van der Waals surface area (Å²) in [7, 11) is 0. The maximum absolute atomic E-state index is 13.5. The Morgan fingerprint density at radius 3 is 2.43 bits per heavy atom. The van der Waals surface area contributed by atoms with Crippen molar-refractivity contribution in [3.63, 3.8) is 0 Å². The zero-order chi connectivity index (χ0) is 24.2. The molecule has 1 aromatic heterocycles. The van der Waals surface area contributed by atoms with Gasteiger partial charge >= 0.3 is 0 Å². The normalized spacial score (nSPS) is 12.7. The topological polar surface area (TPSA) is 87.8 Å². The van der Waals surface area contributed by atoms with E-state index in [1.54, 1.807) is 16.4 Å². The van der Waals surface area contributed by atoms with Crippen LogP contribution in [0.4, 0.5) is 0 Å². The minimum atomic E-state index is -1.46. The molecule has 0 aliphatic carbocycles. The first-order chi connectivity index (χ1) is 17.2. The van der Waals surface area contributed by atoms with Crippen molar-refractivity contribution in [1.29, 1.82) is 5.26 Å². The van der Waals surface area contributed by atoms with Crippen LogP contribution in [0.3, 0.4) is 0 Å². The average molecular weight is 479 g/mol. The molecule has 1 amide bonds. The zero-order valence-corrected chi connectivity index (χ0v) is 19.7. The fraction of sp³-hybridized carbons (Fsp3) is 0.143. The van der Waals surface area contributed by atoms with Gasteiger partial charge in [0.05, 0.1) is 17.5 Å². The number of fused-ring (bicyclic) bond motifs is 3. The number of ketones is 1. The van der Waals surface area contributed by atoms with E-state index in [1.807, 2.05) is 91.0 Å². The van der Waals surface area contributed by atoms with Gasteiger partial charge in [-0.1, -0.05) is 66.7 Å². The van der Waals surface area contributed by atoms with Gasteiger partial charge in [-0.25, -0.2) is 4.68 Å². The number of Topliss-reactive ketones (excluding diaryl/α,β-unsaturated/α-hetero) is 1. The molecule has 172 valence electrons. The van der Waals surface area contributed by atoms with Crippen molar-refractivity contribution >= 4 is 23.5 Å². The number of aromatic nitrogens is 2. The fourth-order valence-electron chi connectivity index (χ4n) is 4.21. The van der Waals surface area contributed by atoms with Crippen molar-refractivity contribution in [1.82, 2.24) is 15.1 Å². The van der Waals surface area contributed by atoms with Crippen molar-refractivity contribution in [2.45, 2.75) is 17.1 Å². The highest BCUT2D eigenvalue weighted by atomic mass is 32.2. The smallest absolute Gasteiger partial charge is 0.245 e. The largest absolute Gasteiger partial charge is 0.354 e. The quantitative estimate of drug-likeness (QED) is 0.304. The number of para-hydroxylation sites is 1. The number of benzene rings is 3. The van der Waals surface area contributed by atoms with Gasteiger partial charge in [-0.2, -0.15) is 10.4 Å². The first-order valence-corrected chi connectivity index (χ1v) is 12.3. The van der Waals surface area contributed by atoms with Crippen molar-refractivity contribution in [3.8, 4) is 23.0 Å². The molecule has 6 nitrogen and oxygen atoms in total. The van der Waals surface area contributed by atoms with Gasteiger partial charge in [0.1, 0.15) is 5.69 Å². The maximum Gasteiger partial charge on any atom is 0.245 e. The number of nitrogens with one attached hydrogen (secondary N) is 1. The highest BCUT2D eigenvalue weighted by molar-refractivity contribution is 7.98. The van der Waals surface area contributed by atoms with Crippen LogP contribution < -0.4 is 5.32 Å². The van der Waals surface area contributed by atoms with Crippen LogP contribution in [-0.2, 0) is 17.0 Å². The van der Waals surface area contributed by atoms with Crippen molar-refractivity contribution in [3.05, 3.63) is 102 Å². The summed E-state index contributed by atoms with van der Waals surface area (Å²) in [5.41, 5.74) is 4.62. The Morgan fingerprint density at radius 1 is 1.00 bits per heavy atom. The third-order valence-electron chi connectivity index (χ3n) is 5.94. The molecule has 1 atom stereocenters. The summed E-state index contributed by atoms with van der Waals surface area (Å²) in [6.07, 6.45) is 0.615. The minimum absolute atomic E-state index is 0.176. The van der Waals surface area contributed by atoms with Crippen LogP contribution in [0.15, 0.2) is 89.8 Å². The van der Waals surface area contributed by atoms with E-state index in [2.05, 4.69) is 10.4 Å². The molecule has 1 aliphatic heterocycles. The van der Waals surface area contributed by atoms with Crippen LogP contribution in [0.5, 0.6) is 0 Å². The number of hydrogen-bond donors (Lipinski definition) is 1. The van der Waals surface area contributed by atoms with E-state index in [-0.39, 0.29) is 5.69 Å². The van der Waals surface area contributed by atoms with Gasteiger partial charge < -0.3 is 5.32 Å². The molecule has 0 fully saturated rings. The Kier molecular flexibility index (Phi) is 6.47. The van der Waals surface area contributed by atoms with Crippen LogP contribution in [0.1, 0.15) is 21.6 Å². The van der Waals surface area contributed by atoms with E-state index in [9.17, 15) is 14.9 Å². The van der Waals surface area contributed by atoms with Crippen molar-refractivity contribution in [2.75, 3.05) is 6.54 Å². The van der Waals surface area contributed by atoms with E-state index in [4.69, 9.17) is 0 Å². The van der Waals surface area contributed by atoms with Crippen LogP contribution in [-0.4, -0.2) is 28.0 Å². The second kappa shape index (κ2) is 10.00. The molecule has 4 aromatic rings. The molecular weight excluding hydrogens is 456 g/mol. The van der Waals surface area contributed by atoms with Gasteiger partial charge in [-0.15, -0.1) is 11.8 Å². The average Bonchev–Trinajstić information content (AvgIpc) is 3.30. The third kappa shape index (κ3) is 4.48. The van der Waals surface area contributed by atoms with Crippen LogP contribution in [0.25, 0.3) is 16.9 Å². The summed E-state index contributed by atoms with van der Waals surface area (Å²) in [5.74, 6) is -2.10. The highest BCUT2D eigenvalue weighted by Gasteiger charge is 2.35. The zero-order valence-electron chi connectivity index (χ0n) is 18.8. The molecular formula is C28H22N4O2S. The number of nitrogens with zero attached hydrogens (tertiary/aromatic N) is 3. The Hall–Kier alpha value is -4.15. The summed E-state index contributed by atoms with van der Waals surface area (Å²) in [6.45, 7) is 0.341. The molecule has 1 aliphatic rings. The summed E-state index contributed by atoms with van der Waals surface area (Å²) in [6, 6.07) is 29.2. The molecule has 2 heterocycles. The number of hydrogen-bond acceptors (Lipinski definition) is 5. The fourth-order valence-corrected chi connectivity index (χ4v) is 5.27. The van der Waals surface area contributed by atoms with Crippen molar-refractivity contribution in [2.24, 2.45) is 5.92 Å². The summed E-state index contributed by atoms with van der Waals surface area (Å²) in [4.78, 5) is 27.4. The lowest BCUT2D eigenvalue weighted by atomic mass is 9.97. The van der Waals surface area contributed by atoms with E-state index >= 15 is 0 Å². The summed E-state index contributed by atoms with van der Waals surface area (Å²) >= 11 is 1.62. The van der Waals surface area contributed by atoms with Crippen LogP contribution in [0, 0.1) is 17.2 Å². The van der Waals surface area contributed by atoms with Gasteiger partial charge in [0, 0.05) is 28.3 Å². The molecule has 0 radical (unpaired) electrons. The lowest BCUT2D eigenvalue weighted by Crippen LogP contribution is -2.36. The molecule has 0 saturated heterocycles. The number of carbonyl (C=O) groups excluding carboxylic acids is 2. The van der Waals surface area contributed by atoms with Gasteiger partial charge in [0.2, 0.25) is 11.7 Å². The van der Waals surface area contributed by atoms with E-state index in [1.165, 1.54) is 0 Å². The number of nitriles is 1. The molecule has 1 unspecified atom stereocenters. The van der Waals surface area contributed by atoms with E-state index < -0.39 is 17.6 Å². The second-order valence-electron chi connectivity index (χ2n) is 8.16.